The Morgan fingerprint density at radius 1 is 0.947 bits per heavy atom. The van der Waals surface area contributed by atoms with E-state index in [-0.39, 0.29) is 33.9 Å². The number of hydrogen-bond donors (Lipinski definition) is 2. The van der Waals surface area contributed by atoms with Gasteiger partial charge in [-0.2, -0.15) is 13.2 Å². The molecular weight excluding hydrogens is 495 g/mol. The molecule has 3 aromatic rings. The molecule has 4 rings (SSSR count). The Morgan fingerprint density at radius 3 is 2.24 bits per heavy atom. The molecule has 3 aromatic carbocycles. The van der Waals surface area contributed by atoms with Gasteiger partial charge in [-0.3, -0.25) is 0 Å². The van der Waals surface area contributed by atoms with Gasteiger partial charge in [-0.15, -0.1) is 0 Å². The average molecular weight is 528 g/mol. The van der Waals surface area contributed by atoms with E-state index in [2.05, 4.69) is 25.8 Å². The molecule has 2 N–H and O–H groups in total. The molecule has 8 heteroatoms. The van der Waals surface area contributed by atoms with Gasteiger partial charge in [0.2, 0.25) is 0 Å². The lowest BCUT2D eigenvalue weighted by Gasteiger charge is -2.33. The molecule has 0 saturated carbocycles. The van der Waals surface area contributed by atoms with Crippen LogP contribution in [0.5, 0.6) is 23.0 Å². The smallest absolute Gasteiger partial charge is 0.417 e. The standard InChI is InChI=1S/C30H32F3NO4/c1-19(2)18-34(3)15-4-16-37-24-12-7-21(8-13-24)29-27(20-5-9-22(35)10-6-20)28(30(31,32)33)25-14-11-23(36)17-26(25)38-29/h5-14,17,19,29,35-36H,4,15-16,18H2,1-3H3. The van der Waals surface area contributed by atoms with Crippen LogP contribution in [0.2, 0.25) is 0 Å². The SMILES string of the molecule is CC(C)CN(C)CCCOc1ccc(C2Oc3cc(O)ccc3C(C(F)(F)F)=C2c2ccc(O)cc2)cc1. The highest BCUT2D eigenvalue weighted by Gasteiger charge is 2.44. The number of fused-ring (bicyclic) bond motifs is 1. The zero-order valence-electron chi connectivity index (χ0n) is 21.6. The number of ether oxygens (including phenoxy) is 2. The van der Waals surface area contributed by atoms with Crippen molar-refractivity contribution in [1.29, 1.82) is 0 Å². The van der Waals surface area contributed by atoms with E-state index in [1.807, 2.05) is 0 Å². The molecule has 0 fully saturated rings. The first-order chi connectivity index (χ1) is 18.0. The van der Waals surface area contributed by atoms with Crippen molar-refractivity contribution in [2.24, 2.45) is 5.92 Å². The van der Waals surface area contributed by atoms with Crippen LogP contribution < -0.4 is 9.47 Å². The maximum Gasteiger partial charge on any atom is 0.417 e. The van der Waals surface area contributed by atoms with Crippen LogP contribution in [0.1, 0.15) is 43.1 Å². The number of benzene rings is 3. The fourth-order valence-corrected chi connectivity index (χ4v) is 4.73. The third kappa shape index (κ3) is 6.42. The van der Waals surface area contributed by atoms with Crippen molar-refractivity contribution in [1.82, 2.24) is 4.90 Å². The summed E-state index contributed by atoms with van der Waals surface area (Å²) in [6.45, 7) is 6.77. The van der Waals surface area contributed by atoms with Gasteiger partial charge in [-0.25, -0.2) is 0 Å². The fraction of sp³-hybridized carbons (Fsp3) is 0.333. The predicted molar refractivity (Wildman–Crippen MR) is 141 cm³/mol. The lowest BCUT2D eigenvalue weighted by atomic mass is 9.85. The van der Waals surface area contributed by atoms with Gasteiger partial charge in [-0.1, -0.05) is 38.1 Å². The van der Waals surface area contributed by atoms with Gasteiger partial charge in [0.25, 0.3) is 0 Å². The van der Waals surface area contributed by atoms with Gasteiger partial charge >= 0.3 is 6.18 Å². The number of aromatic hydroxyl groups is 2. The largest absolute Gasteiger partial charge is 0.508 e. The first-order valence-corrected chi connectivity index (χ1v) is 12.5. The monoisotopic (exact) mass is 527 g/mol. The maximum atomic E-state index is 14.5. The van der Waals surface area contributed by atoms with Crippen LogP contribution in [0.25, 0.3) is 11.1 Å². The van der Waals surface area contributed by atoms with Crippen molar-refractivity contribution in [3.63, 3.8) is 0 Å². The highest BCUT2D eigenvalue weighted by molar-refractivity contribution is 5.98. The van der Waals surface area contributed by atoms with Crippen molar-refractivity contribution < 1.29 is 32.9 Å². The van der Waals surface area contributed by atoms with Crippen LogP contribution in [-0.4, -0.2) is 48.0 Å². The average Bonchev–Trinajstić information content (AvgIpc) is 2.85. The molecule has 1 atom stereocenters. The fourth-order valence-electron chi connectivity index (χ4n) is 4.73. The molecule has 0 saturated heterocycles. The minimum atomic E-state index is -4.70. The van der Waals surface area contributed by atoms with Gasteiger partial charge in [-0.05, 0) is 66.9 Å². The van der Waals surface area contributed by atoms with Crippen molar-refractivity contribution in [2.75, 3.05) is 26.7 Å². The minimum Gasteiger partial charge on any atom is -0.508 e. The Balaban J connectivity index is 1.64. The van der Waals surface area contributed by atoms with Gasteiger partial charge in [0, 0.05) is 30.3 Å². The van der Waals surface area contributed by atoms with E-state index in [0.29, 0.717) is 23.8 Å². The Labute approximate surface area is 220 Å². The van der Waals surface area contributed by atoms with E-state index in [4.69, 9.17) is 9.47 Å². The normalized spacial score (nSPS) is 15.5. The third-order valence-corrected chi connectivity index (χ3v) is 6.29. The molecule has 0 spiro atoms. The van der Waals surface area contributed by atoms with Crippen LogP contribution in [-0.2, 0) is 0 Å². The molecule has 0 amide bonds. The first-order valence-electron chi connectivity index (χ1n) is 12.5. The van der Waals surface area contributed by atoms with Gasteiger partial charge in [0.1, 0.15) is 23.0 Å². The zero-order chi connectivity index (χ0) is 27.4. The second kappa shape index (κ2) is 11.4. The molecular formula is C30H32F3NO4. The first kappa shape index (κ1) is 27.4. The van der Waals surface area contributed by atoms with Crippen LogP contribution in [0, 0.1) is 5.92 Å². The number of halogens is 3. The summed E-state index contributed by atoms with van der Waals surface area (Å²) in [6.07, 6.45) is -4.96. The van der Waals surface area contributed by atoms with E-state index in [0.717, 1.165) is 19.5 Å². The summed E-state index contributed by atoms with van der Waals surface area (Å²) < 4.78 is 55.6. The van der Waals surface area contributed by atoms with E-state index in [1.165, 1.54) is 42.5 Å². The van der Waals surface area contributed by atoms with Gasteiger partial charge in [0.05, 0.1) is 12.2 Å². The summed E-state index contributed by atoms with van der Waals surface area (Å²) in [6, 6.07) is 16.0. The molecule has 0 aliphatic carbocycles. The topological polar surface area (TPSA) is 62.2 Å². The summed E-state index contributed by atoms with van der Waals surface area (Å²) in [4.78, 5) is 2.25. The van der Waals surface area contributed by atoms with E-state index in [9.17, 15) is 23.4 Å². The number of allylic oxidation sites excluding steroid dienone is 1. The lowest BCUT2D eigenvalue weighted by Crippen LogP contribution is -2.25. The summed E-state index contributed by atoms with van der Waals surface area (Å²) >= 11 is 0. The summed E-state index contributed by atoms with van der Waals surface area (Å²) in [5.41, 5.74) is -0.313. The molecule has 1 aliphatic rings. The second-order valence-electron chi connectivity index (χ2n) is 9.94. The number of phenolic OH excluding ortho intramolecular Hbond substituents is 2. The Hall–Kier alpha value is -3.65. The quantitative estimate of drug-likeness (QED) is 0.292. The van der Waals surface area contributed by atoms with Gasteiger partial charge in [0.15, 0.2) is 6.10 Å². The van der Waals surface area contributed by atoms with Crippen molar-refractivity contribution >= 4 is 11.1 Å². The maximum absolute atomic E-state index is 14.5. The predicted octanol–water partition coefficient (Wildman–Crippen LogP) is 7.06. The van der Waals surface area contributed by atoms with E-state index in [1.54, 1.807) is 24.3 Å². The Kier molecular flexibility index (Phi) is 8.21. The van der Waals surface area contributed by atoms with Crippen LogP contribution in [0.4, 0.5) is 13.2 Å². The highest BCUT2D eigenvalue weighted by atomic mass is 19.4. The molecule has 0 aromatic heterocycles. The zero-order valence-corrected chi connectivity index (χ0v) is 21.6. The summed E-state index contributed by atoms with van der Waals surface area (Å²) in [5.74, 6) is 0.888. The Bertz CT molecular complexity index is 1270. The molecule has 0 radical (unpaired) electrons. The minimum absolute atomic E-state index is 0.0570. The third-order valence-electron chi connectivity index (χ3n) is 6.29. The highest BCUT2D eigenvalue weighted by Crippen LogP contribution is 2.53. The van der Waals surface area contributed by atoms with Crippen LogP contribution in [0.3, 0.4) is 0 Å². The van der Waals surface area contributed by atoms with Gasteiger partial charge < -0.3 is 24.6 Å². The Morgan fingerprint density at radius 2 is 1.61 bits per heavy atom. The van der Waals surface area contributed by atoms with Crippen LogP contribution in [0.15, 0.2) is 66.7 Å². The number of nitrogens with zero attached hydrogens (tertiary/aromatic N) is 1. The van der Waals surface area contributed by atoms with Crippen LogP contribution >= 0.6 is 0 Å². The second-order valence-corrected chi connectivity index (χ2v) is 9.94. The summed E-state index contributed by atoms with van der Waals surface area (Å²) in [7, 11) is 2.07. The molecule has 1 heterocycles. The number of phenols is 2. The molecule has 1 unspecified atom stereocenters. The van der Waals surface area contributed by atoms with Crippen molar-refractivity contribution in [2.45, 2.75) is 32.5 Å². The molecule has 5 nitrogen and oxygen atoms in total. The summed E-state index contributed by atoms with van der Waals surface area (Å²) in [5, 5.41) is 19.7. The van der Waals surface area contributed by atoms with Crippen molar-refractivity contribution in [3.8, 4) is 23.0 Å². The molecule has 202 valence electrons. The molecule has 0 bridgehead atoms. The number of alkyl halides is 3. The molecule has 1 aliphatic heterocycles. The number of hydrogen-bond acceptors (Lipinski definition) is 5. The molecule has 38 heavy (non-hydrogen) atoms. The number of rotatable bonds is 9. The van der Waals surface area contributed by atoms with E-state index >= 15 is 0 Å². The van der Waals surface area contributed by atoms with Crippen molar-refractivity contribution in [3.05, 3.63) is 83.4 Å². The lowest BCUT2D eigenvalue weighted by molar-refractivity contribution is -0.0695. The van der Waals surface area contributed by atoms with E-state index < -0.39 is 17.9 Å².